The van der Waals surface area contributed by atoms with Gasteiger partial charge < -0.3 is 15.2 Å². The Bertz CT molecular complexity index is 356. The highest BCUT2D eigenvalue weighted by atomic mass is 35.5. The molecule has 1 aromatic carbocycles. The number of hydrogen-bond acceptors (Lipinski definition) is 3. The van der Waals surface area contributed by atoms with Crippen LogP contribution in [0.2, 0.25) is 10.0 Å². The first-order valence-electron chi connectivity index (χ1n) is 4.44. The normalized spacial score (nSPS) is 10.2. The molecule has 0 saturated heterocycles. The van der Waals surface area contributed by atoms with Gasteiger partial charge in [0.15, 0.2) is 0 Å². The van der Waals surface area contributed by atoms with Crippen molar-refractivity contribution in [3.05, 3.63) is 21.7 Å². The molecule has 0 atom stereocenters. The third-order valence-corrected chi connectivity index (χ3v) is 2.88. The predicted octanol–water partition coefficient (Wildman–Crippen LogP) is 2.51. The van der Waals surface area contributed by atoms with E-state index in [-0.39, 0.29) is 0 Å². The van der Waals surface area contributed by atoms with Gasteiger partial charge in [-0.3, -0.25) is 0 Å². The molecule has 0 bridgehead atoms. The smallest absolute Gasteiger partial charge is 0.142 e. The molecule has 0 aliphatic carbocycles. The van der Waals surface area contributed by atoms with Crippen molar-refractivity contribution < 1.29 is 9.47 Å². The quantitative estimate of drug-likeness (QED) is 0.892. The molecule has 1 aromatic rings. The van der Waals surface area contributed by atoms with Gasteiger partial charge in [0.1, 0.15) is 21.5 Å². The van der Waals surface area contributed by atoms with Crippen molar-refractivity contribution in [3.8, 4) is 11.5 Å². The lowest BCUT2D eigenvalue weighted by Gasteiger charge is -2.13. The molecular formula is C10H13Cl2NO2. The molecule has 2 N–H and O–H groups in total. The number of ether oxygens (including phenoxy) is 2. The molecule has 84 valence electrons. The van der Waals surface area contributed by atoms with E-state index in [1.54, 1.807) is 13.2 Å². The van der Waals surface area contributed by atoms with E-state index in [2.05, 4.69) is 0 Å². The Morgan fingerprint density at radius 3 is 2.33 bits per heavy atom. The van der Waals surface area contributed by atoms with Gasteiger partial charge in [0.05, 0.1) is 14.2 Å². The average molecular weight is 250 g/mol. The van der Waals surface area contributed by atoms with Gasteiger partial charge in [0, 0.05) is 5.56 Å². The minimum absolute atomic E-state index is 0.358. The van der Waals surface area contributed by atoms with Crippen molar-refractivity contribution >= 4 is 23.2 Å². The number of methoxy groups -OCH3 is 2. The summed E-state index contributed by atoms with van der Waals surface area (Å²) in [5, 5.41) is 0.721. The largest absolute Gasteiger partial charge is 0.495 e. The fraction of sp³-hybridized carbons (Fsp3) is 0.400. The van der Waals surface area contributed by atoms with Gasteiger partial charge in [-0.05, 0) is 19.0 Å². The van der Waals surface area contributed by atoms with Gasteiger partial charge in [-0.1, -0.05) is 23.2 Å². The highest BCUT2D eigenvalue weighted by molar-refractivity contribution is 6.44. The summed E-state index contributed by atoms with van der Waals surface area (Å²) in [6.45, 7) is 0.511. The maximum Gasteiger partial charge on any atom is 0.142 e. The van der Waals surface area contributed by atoms with Crippen LogP contribution in [0.5, 0.6) is 11.5 Å². The second-order valence-corrected chi connectivity index (χ2v) is 3.69. The maximum atomic E-state index is 6.04. The van der Waals surface area contributed by atoms with E-state index in [1.165, 1.54) is 7.11 Å². The van der Waals surface area contributed by atoms with Gasteiger partial charge in [-0.2, -0.15) is 0 Å². The standard InChI is InChI=1S/C10H13Cl2NO2/c1-14-7-5-6(3-4-13)10(15-2)9(12)8(7)11/h5H,3-4,13H2,1-2H3. The molecule has 0 fully saturated rings. The summed E-state index contributed by atoms with van der Waals surface area (Å²) in [6, 6.07) is 1.79. The van der Waals surface area contributed by atoms with E-state index >= 15 is 0 Å². The van der Waals surface area contributed by atoms with Crippen LogP contribution >= 0.6 is 23.2 Å². The highest BCUT2D eigenvalue weighted by Crippen LogP contribution is 2.41. The first-order valence-corrected chi connectivity index (χ1v) is 5.20. The zero-order valence-electron chi connectivity index (χ0n) is 8.64. The molecule has 0 aliphatic rings. The number of halogens is 2. The SMILES string of the molecule is COc1cc(CCN)c(OC)c(Cl)c1Cl. The Balaban J connectivity index is 3.30. The molecule has 3 nitrogen and oxygen atoms in total. The van der Waals surface area contributed by atoms with Crippen LogP contribution in [0.15, 0.2) is 6.07 Å². The van der Waals surface area contributed by atoms with Gasteiger partial charge in [-0.15, -0.1) is 0 Å². The van der Waals surface area contributed by atoms with E-state index in [4.69, 9.17) is 38.4 Å². The summed E-state index contributed by atoms with van der Waals surface area (Å²) < 4.78 is 10.3. The van der Waals surface area contributed by atoms with Crippen molar-refractivity contribution in [1.29, 1.82) is 0 Å². The van der Waals surface area contributed by atoms with Crippen molar-refractivity contribution in [2.24, 2.45) is 5.73 Å². The Morgan fingerprint density at radius 1 is 1.20 bits per heavy atom. The molecule has 0 spiro atoms. The van der Waals surface area contributed by atoms with Gasteiger partial charge in [0.25, 0.3) is 0 Å². The lowest BCUT2D eigenvalue weighted by molar-refractivity contribution is 0.399. The minimum Gasteiger partial charge on any atom is -0.495 e. The maximum absolute atomic E-state index is 6.04. The van der Waals surface area contributed by atoms with Crippen LogP contribution in [0.1, 0.15) is 5.56 Å². The fourth-order valence-electron chi connectivity index (χ4n) is 1.35. The van der Waals surface area contributed by atoms with Crippen molar-refractivity contribution in [1.82, 2.24) is 0 Å². The van der Waals surface area contributed by atoms with E-state index in [0.717, 1.165) is 5.56 Å². The van der Waals surface area contributed by atoms with Gasteiger partial charge in [0.2, 0.25) is 0 Å². The van der Waals surface area contributed by atoms with Crippen LogP contribution in [-0.2, 0) is 6.42 Å². The molecule has 15 heavy (non-hydrogen) atoms. The molecule has 5 heteroatoms. The van der Waals surface area contributed by atoms with Crippen molar-refractivity contribution in [3.63, 3.8) is 0 Å². The number of nitrogens with two attached hydrogens (primary N) is 1. The zero-order chi connectivity index (χ0) is 11.4. The first-order chi connectivity index (χ1) is 7.15. The van der Waals surface area contributed by atoms with Gasteiger partial charge in [-0.25, -0.2) is 0 Å². The van der Waals surface area contributed by atoms with Crippen LogP contribution in [-0.4, -0.2) is 20.8 Å². The highest BCUT2D eigenvalue weighted by Gasteiger charge is 2.16. The number of hydrogen-bond donors (Lipinski definition) is 1. The molecule has 0 saturated carbocycles. The summed E-state index contributed by atoms with van der Waals surface area (Å²) >= 11 is 12.0. The summed E-state index contributed by atoms with van der Waals surface area (Å²) in [7, 11) is 3.08. The van der Waals surface area contributed by atoms with Crippen molar-refractivity contribution in [2.45, 2.75) is 6.42 Å². The topological polar surface area (TPSA) is 44.5 Å². The third-order valence-electron chi connectivity index (χ3n) is 2.04. The lowest BCUT2D eigenvalue weighted by atomic mass is 10.1. The minimum atomic E-state index is 0.358. The van der Waals surface area contributed by atoms with E-state index in [1.807, 2.05) is 0 Å². The predicted molar refractivity (Wildman–Crippen MR) is 62.3 cm³/mol. The van der Waals surface area contributed by atoms with Crippen LogP contribution in [0.25, 0.3) is 0 Å². The molecule has 0 radical (unpaired) electrons. The van der Waals surface area contributed by atoms with Gasteiger partial charge >= 0.3 is 0 Å². The first kappa shape index (κ1) is 12.4. The molecule has 0 unspecified atom stereocenters. The fourth-order valence-corrected chi connectivity index (χ4v) is 1.86. The second kappa shape index (κ2) is 5.45. The summed E-state index contributed by atoms with van der Waals surface area (Å²) in [5.41, 5.74) is 6.39. The van der Waals surface area contributed by atoms with E-state index in [9.17, 15) is 0 Å². The Kier molecular flexibility index (Phi) is 4.51. The molecule has 1 rings (SSSR count). The summed E-state index contributed by atoms with van der Waals surface area (Å²) in [6.07, 6.45) is 0.663. The monoisotopic (exact) mass is 249 g/mol. The van der Waals surface area contributed by atoms with Crippen LogP contribution in [0, 0.1) is 0 Å². The Hall–Kier alpha value is -0.640. The van der Waals surface area contributed by atoms with Crippen molar-refractivity contribution in [2.75, 3.05) is 20.8 Å². The van der Waals surface area contributed by atoms with E-state index < -0.39 is 0 Å². The van der Waals surface area contributed by atoms with E-state index in [0.29, 0.717) is 34.5 Å². The Labute approximate surface area is 99.1 Å². The van der Waals surface area contributed by atoms with Crippen LogP contribution in [0.3, 0.4) is 0 Å². The summed E-state index contributed by atoms with van der Waals surface area (Å²) in [4.78, 5) is 0. The summed E-state index contributed by atoms with van der Waals surface area (Å²) in [5.74, 6) is 1.10. The Morgan fingerprint density at radius 2 is 1.87 bits per heavy atom. The second-order valence-electron chi connectivity index (χ2n) is 2.94. The third kappa shape index (κ3) is 2.48. The van der Waals surface area contributed by atoms with Crippen LogP contribution in [0.4, 0.5) is 0 Å². The van der Waals surface area contributed by atoms with Crippen LogP contribution < -0.4 is 15.2 Å². The molecule has 0 aliphatic heterocycles. The molecule has 0 amide bonds. The average Bonchev–Trinajstić information content (AvgIpc) is 2.24. The molecule has 0 aromatic heterocycles. The lowest BCUT2D eigenvalue weighted by Crippen LogP contribution is -2.05. The number of benzene rings is 1. The molecular weight excluding hydrogens is 237 g/mol. The molecule has 0 heterocycles. The number of rotatable bonds is 4. The zero-order valence-corrected chi connectivity index (χ0v) is 10.2.